The molecule has 1 atom stereocenters. The van der Waals surface area contributed by atoms with Crippen molar-refractivity contribution in [1.82, 2.24) is 14.8 Å². The van der Waals surface area contributed by atoms with Crippen LogP contribution in [0, 0.1) is 5.92 Å². The lowest BCUT2D eigenvalue weighted by molar-refractivity contribution is 0.0621. The van der Waals surface area contributed by atoms with Crippen molar-refractivity contribution >= 4 is 16.8 Å². The largest absolute Gasteiger partial charge is 0.351 e. The van der Waals surface area contributed by atoms with E-state index in [4.69, 9.17) is 0 Å². The summed E-state index contributed by atoms with van der Waals surface area (Å²) in [5, 5.41) is 4.32. The maximum absolute atomic E-state index is 12.7. The van der Waals surface area contributed by atoms with Crippen molar-refractivity contribution in [2.75, 3.05) is 19.6 Å². The van der Waals surface area contributed by atoms with E-state index in [1.807, 2.05) is 31.4 Å². The summed E-state index contributed by atoms with van der Waals surface area (Å²) in [6, 6.07) is 8.30. The molecule has 5 rings (SSSR count). The van der Waals surface area contributed by atoms with Crippen LogP contribution < -0.4 is 5.32 Å². The average molecular weight is 283 g/mol. The summed E-state index contributed by atoms with van der Waals surface area (Å²) in [5.74, 6) is 0.736. The minimum absolute atomic E-state index is 0.0746. The first-order valence-corrected chi connectivity index (χ1v) is 7.79. The van der Waals surface area contributed by atoms with E-state index in [-0.39, 0.29) is 5.91 Å². The minimum Gasteiger partial charge on any atom is -0.351 e. The van der Waals surface area contributed by atoms with Crippen LogP contribution in [0.15, 0.2) is 30.5 Å². The molecule has 0 saturated carbocycles. The second kappa shape index (κ2) is 4.88. The molecule has 110 valence electrons. The number of fused-ring (bicyclic) bond motifs is 4. The van der Waals surface area contributed by atoms with Crippen molar-refractivity contribution < 1.29 is 4.79 Å². The summed E-state index contributed by atoms with van der Waals surface area (Å²) in [7, 11) is 2.01. The van der Waals surface area contributed by atoms with Gasteiger partial charge in [-0.25, -0.2) is 0 Å². The number of nitrogens with one attached hydrogen (secondary N) is 1. The molecule has 2 aromatic rings. The number of rotatable bonds is 2. The standard InChI is InChI=1S/C17H21N3O/c1-19-8-7-13-14(3-2-4-16(13)19)17(21)18-15-11-20-9-5-12(15)6-10-20/h2-4,7-8,12,15H,5-6,9-11H2,1H3,(H,18,21)/t15-/m0/s1. The summed E-state index contributed by atoms with van der Waals surface area (Å²) in [6.45, 7) is 3.41. The van der Waals surface area contributed by atoms with E-state index in [9.17, 15) is 4.79 Å². The Kier molecular flexibility index (Phi) is 3.00. The lowest BCUT2D eigenvalue weighted by Gasteiger charge is -2.44. The molecule has 4 nitrogen and oxygen atoms in total. The second-order valence-corrected chi connectivity index (χ2v) is 6.38. The van der Waals surface area contributed by atoms with Crippen LogP contribution >= 0.6 is 0 Å². The average Bonchev–Trinajstić information content (AvgIpc) is 2.90. The first kappa shape index (κ1) is 12.9. The first-order chi connectivity index (χ1) is 10.2. The zero-order valence-corrected chi connectivity index (χ0v) is 12.4. The molecule has 4 heteroatoms. The number of carbonyl (C=O) groups is 1. The zero-order valence-electron chi connectivity index (χ0n) is 12.4. The highest BCUT2D eigenvalue weighted by molar-refractivity contribution is 6.06. The molecule has 4 heterocycles. The summed E-state index contributed by atoms with van der Waals surface area (Å²) >= 11 is 0. The fourth-order valence-corrected chi connectivity index (χ4v) is 3.88. The van der Waals surface area contributed by atoms with Gasteiger partial charge in [0.2, 0.25) is 0 Å². The second-order valence-electron chi connectivity index (χ2n) is 6.38. The normalized spacial score (nSPS) is 28.0. The van der Waals surface area contributed by atoms with Gasteiger partial charge in [-0.05, 0) is 50.0 Å². The van der Waals surface area contributed by atoms with Crippen molar-refractivity contribution in [3.05, 3.63) is 36.0 Å². The zero-order chi connectivity index (χ0) is 14.4. The number of piperidine rings is 3. The van der Waals surface area contributed by atoms with Crippen LogP contribution in [0.2, 0.25) is 0 Å². The molecular formula is C17H21N3O. The van der Waals surface area contributed by atoms with Gasteiger partial charge in [0.25, 0.3) is 5.91 Å². The van der Waals surface area contributed by atoms with Crippen molar-refractivity contribution in [2.24, 2.45) is 13.0 Å². The number of aryl methyl sites for hydroxylation is 1. The van der Waals surface area contributed by atoms with Crippen molar-refractivity contribution in [3.63, 3.8) is 0 Å². The third kappa shape index (κ3) is 2.14. The van der Waals surface area contributed by atoms with E-state index in [0.717, 1.165) is 23.0 Å². The molecular weight excluding hydrogens is 262 g/mol. The Hall–Kier alpha value is -1.81. The van der Waals surface area contributed by atoms with Crippen LogP contribution in [0.5, 0.6) is 0 Å². The van der Waals surface area contributed by atoms with Crippen molar-refractivity contribution in [2.45, 2.75) is 18.9 Å². The number of carbonyl (C=O) groups excluding carboxylic acids is 1. The smallest absolute Gasteiger partial charge is 0.252 e. The Morgan fingerprint density at radius 1 is 1.24 bits per heavy atom. The van der Waals surface area contributed by atoms with Gasteiger partial charge in [0.05, 0.1) is 0 Å². The highest BCUT2D eigenvalue weighted by Crippen LogP contribution is 2.28. The topological polar surface area (TPSA) is 37.3 Å². The van der Waals surface area contributed by atoms with Gasteiger partial charge < -0.3 is 14.8 Å². The molecule has 1 aromatic heterocycles. The van der Waals surface area contributed by atoms with Gasteiger partial charge in [-0.1, -0.05) is 6.07 Å². The molecule has 1 N–H and O–H groups in total. The third-order valence-corrected chi connectivity index (χ3v) is 5.15. The van der Waals surface area contributed by atoms with Crippen LogP contribution in [-0.4, -0.2) is 41.1 Å². The van der Waals surface area contributed by atoms with Crippen LogP contribution in [-0.2, 0) is 7.05 Å². The molecule has 1 amide bonds. The maximum Gasteiger partial charge on any atom is 0.252 e. The van der Waals surface area contributed by atoms with Gasteiger partial charge in [0, 0.05) is 42.3 Å². The predicted molar refractivity (Wildman–Crippen MR) is 83.3 cm³/mol. The minimum atomic E-state index is 0.0746. The number of amides is 1. The van der Waals surface area contributed by atoms with Gasteiger partial charge in [-0.3, -0.25) is 4.79 Å². The monoisotopic (exact) mass is 283 g/mol. The van der Waals surface area contributed by atoms with E-state index in [0.29, 0.717) is 12.0 Å². The molecule has 0 spiro atoms. The summed E-state index contributed by atoms with van der Waals surface area (Å²) in [5.41, 5.74) is 1.90. The molecule has 3 fully saturated rings. The van der Waals surface area contributed by atoms with Gasteiger partial charge >= 0.3 is 0 Å². The number of hydrogen-bond acceptors (Lipinski definition) is 2. The van der Waals surface area contributed by atoms with E-state index in [1.54, 1.807) is 0 Å². The Bertz CT molecular complexity index is 682. The highest BCUT2D eigenvalue weighted by atomic mass is 16.1. The molecule has 3 aliphatic heterocycles. The number of nitrogens with zero attached hydrogens (tertiary/aromatic N) is 2. The molecule has 21 heavy (non-hydrogen) atoms. The van der Waals surface area contributed by atoms with Crippen LogP contribution in [0.4, 0.5) is 0 Å². The van der Waals surface area contributed by atoms with Gasteiger partial charge in [0.1, 0.15) is 0 Å². The summed E-state index contributed by atoms with van der Waals surface area (Å²) in [6.07, 6.45) is 4.46. The van der Waals surface area contributed by atoms with Gasteiger partial charge in [0.15, 0.2) is 0 Å². The fourth-order valence-electron chi connectivity index (χ4n) is 3.88. The molecule has 3 aliphatic rings. The predicted octanol–water partition coefficient (Wildman–Crippen LogP) is 2.00. The Morgan fingerprint density at radius 2 is 2.05 bits per heavy atom. The Morgan fingerprint density at radius 3 is 2.76 bits per heavy atom. The lowest BCUT2D eigenvalue weighted by Crippen LogP contribution is -2.57. The molecule has 1 aromatic carbocycles. The summed E-state index contributed by atoms with van der Waals surface area (Å²) < 4.78 is 2.06. The summed E-state index contributed by atoms with van der Waals surface area (Å²) in [4.78, 5) is 15.1. The number of hydrogen-bond donors (Lipinski definition) is 1. The Labute approximate surface area is 124 Å². The molecule has 3 saturated heterocycles. The molecule has 0 unspecified atom stereocenters. The lowest BCUT2D eigenvalue weighted by atomic mass is 9.84. The first-order valence-electron chi connectivity index (χ1n) is 7.79. The van der Waals surface area contributed by atoms with Crippen LogP contribution in [0.3, 0.4) is 0 Å². The maximum atomic E-state index is 12.7. The molecule has 0 radical (unpaired) electrons. The quantitative estimate of drug-likeness (QED) is 0.915. The Balaban J connectivity index is 1.59. The number of benzene rings is 1. The molecule has 2 bridgehead atoms. The van der Waals surface area contributed by atoms with E-state index >= 15 is 0 Å². The fraction of sp³-hybridized carbons (Fsp3) is 0.471. The number of aromatic nitrogens is 1. The highest BCUT2D eigenvalue weighted by Gasteiger charge is 2.35. The van der Waals surface area contributed by atoms with E-state index < -0.39 is 0 Å². The third-order valence-electron chi connectivity index (χ3n) is 5.15. The van der Waals surface area contributed by atoms with E-state index in [1.165, 1.54) is 25.9 Å². The van der Waals surface area contributed by atoms with Gasteiger partial charge in [-0.2, -0.15) is 0 Å². The van der Waals surface area contributed by atoms with Crippen molar-refractivity contribution in [1.29, 1.82) is 0 Å². The van der Waals surface area contributed by atoms with Crippen LogP contribution in [0.25, 0.3) is 10.9 Å². The molecule has 0 aliphatic carbocycles. The SMILES string of the molecule is Cn1ccc2c(C(=O)N[C@H]3CN4CCC3CC4)cccc21. The van der Waals surface area contributed by atoms with Gasteiger partial charge in [-0.15, -0.1) is 0 Å². The van der Waals surface area contributed by atoms with Crippen LogP contribution in [0.1, 0.15) is 23.2 Å². The van der Waals surface area contributed by atoms with Crippen molar-refractivity contribution in [3.8, 4) is 0 Å². The van der Waals surface area contributed by atoms with E-state index in [2.05, 4.69) is 20.9 Å².